The van der Waals surface area contributed by atoms with Crippen LogP contribution in [0, 0.1) is 23.7 Å². The highest BCUT2D eigenvalue weighted by Crippen LogP contribution is 2.19. The highest BCUT2D eigenvalue weighted by molar-refractivity contribution is 6.00. The number of carbonyl (C=O) groups excluding carboxylic acids is 7. The molecule has 392 valence electrons. The lowest BCUT2D eigenvalue weighted by Gasteiger charge is -2.28. The van der Waals surface area contributed by atoms with Crippen molar-refractivity contribution in [1.82, 2.24) is 36.8 Å². The van der Waals surface area contributed by atoms with Gasteiger partial charge in [0.2, 0.25) is 35.4 Å². The third-order valence-corrected chi connectivity index (χ3v) is 12.0. The van der Waals surface area contributed by atoms with Gasteiger partial charge in [-0.25, -0.2) is 9.59 Å². The Kier molecular flexibility index (Phi) is 24.7. The molecule has 12 N–H and O–H groups in total. The minimum absolute atomic E-state index is 0.00610. The van der Waals surface area contributed by atoms with E-state index < -0.39 is 120 Å². The normalized spacial score (nSPS) is 25.3. The summed E-state index contributed by atoms with van der Waals surface area (Å²) in [5.41, 5.74) is 12.4. The van der Waals surface area contributed by atoms with E-state index in [1.54, 1.807) is 34.0 Å². The molecular weight excluding hydrogens is 921 g/mol. The lowest BCUT2D eigenvalue weighted by atomic mass is 9.94. The molecule has 1 saturated heterocycles. The van der Waals surface area contributed by atoms with Gasteiger partial charge in [-0.15, -0.1) is 0 Å². The van der Waals surface area contributed by atoms with Gasteiger partial charge in [-0.05, 0) is 57.4 Å². The number of guanidine groups is 1. The van der Waals surface area contributed by atoms with E-state index >= 15 is 0 Å². The fourth-order valence-corrected chi connectivity index (χ4v) is 7.46. The average Bonchev–Trinajstić information content (AvgIpc) is 3.31. The van der Waals surface area contributed by atoms with E-state index in [0.717, 1.165) is 10.5 Å². The molecule has 0 spiro atoms. The standard InChI is InChI=1S/C49H74N10O12/c1-26(2)23-37-46(66)58-40(48(69)70)30(6)42(62)55-35(17-14-22-52-49(50)51)45(65)54-34(19-18-27(3)24-28(4)38(71-10)25-33-15-12-11-13-16-33)29(5)41(61)56-36(47(67)68)20-21-39(60)59(9)32(8)44(64)53-31(7)43(63)57-37/h11-13,15-16,18-19,24,26,28-31,34-38,40H,8,14,17,20-23,25H2,1-7,9-10H3,(H,53,64)(H,54,65)(H,55,62)(H,56,61)(H,57,63)(H,58,66)(H,67,68)(H,69,70)(H4,50,51,52)/t28-,29+,30-,31+,34-,35-,36+,37-,38-,40+/m0/s1. The number of benzene rings is 1. The van der Waals surface area contributed by atoms with Crippen molar-refractivity contribution in [3.63, 3.8) is 0 Å². The summed E-state index contributed by atoms with van der Waals surface area (Å²) in [5.74, 6) is -12.6. The number of methoxy groups -OCH3 is 1. The summed E-state index contributed by atoms with van der Waals surface area (Å²) in [6, 6.07) is 0.998. The summed E-state index contributed by atoms with van der Waals surface area (Å²) in [6.07, 6.45) is 4.64. The fourth-order valence-electron chi connectivity index (χ4n) is 7.46. The Labute approximate surface area is 415 Å². The Morgan fingerprint density at radius 3 is 2.03 bits per heavy atom. The van der Waals surface area contributed by atoms with Crippen LogP contribution in [0.2, 0.25) is 0 Å². The number of carboxylic acid groups (broad SMARTS) is 2. The van der Waals surface area contributed by atoms with Gasteiger partial charge in [-0.1, -0.05) is 95.3 Å². The Morgan fingerprint density at radius 2 is 1.45 bits per heavy atom. The van der Waals surface area contributed by atoms with Crippen LogP contribution in [0.1, 0.15) is 86.1 Å². The Morgan fingerprint density at radius 1 is 0.845 bits per heavy atom. The number of aliphatic carboxylic acids is 2. The first kappa shape index (κ1) is 60.0. The summed E-state index contributed by atoms with van der Waals surface area (Å²) in [4.78, 5) is 126. The van der Waals surface area contributed by atoms with Crippen LogP contribution in [0.4, 0.5) is 0 Å². The number of aliphatic imine (C=N–C) groups is 1. The number of nitrogens with two attached hydrogens (primary N) is 2. The Balaban J connectivity index is 2.73. The van der Waals surface area contributed by atoms with Crippen molar-refractivity contribution < 1.29 is 58.1 Å². The highest BCUT2D eigenvalue weighted by atomic mass is 16.5. The molecule has 0 aliphatic carbocycles. The van der Waals surface area contributed by atoms with Crippen molar-refractivity contribution in [1.29, 1.82) is 0 Å². The number of allylic oxidation sites excluding steroid dienone is 2. The van der Waals surface area contributed by atoms with Crippen molar-refractivity contribution in [2.24, 2.45) is 40.1 Å². The molecule has 0 radical (unpaired) electrons. The van der Waals surface area contributed by atoms with Crippen LogP contribution in [0.3, 0.4) is 0 Å². The van der Waals surface area contributed by atoms with Gasteiger partial charge >= 0.3 is 11.9 Å². The molecule has 0 unspecified atom stereocenters. The summed E-state index contributed by atoms with van der Waals surface area (Å²) < 4.78 is 5.81. The minimum atomic E-state index is -1.88. The zero-order valence-electron chi connectivity index (χ0n) is 42.2. The molecule has 22 heteroatoms. The van der Waals surface area contributed by atoms with Gasteiger partial charge < -0.3 is 63.2 Å². The van der Waals surface area contributed by atoms with Gasteiger partial charge in [0.15, 0.2) is 5.96 Å². The molecule has 7 amide bonds. The van der Waals surface area contributed by atoms with Crippen molar-refractivity contribution in [2.75, 3.05) is 20.7 Å². The van der Waals surface area contributed by atoms with Crippen molar-refractivity contribution >= 4 is 59.2 Å². The minimum Gasteiger partial charge on any atom is -0.480 e. The summed E-state index contributed by atoms with van der Waals surface area (Å²) in [6.45, 7) is 14.9. The van der Waals surface area contributed by atoms with E-state index in [-0.39, 0.29) is 49.7 Å². The molecule has 0 saturated carbocycles. The van der Waals surface area contributed by atoms with Gasteiger partial charge in [0, 0.05) is 33.0 Å². The molecule has 1 aliphatic rings. The van der Waals surface area contributed by atoms with E-state index in [4.69, 9.17) is 16.2 Å². The van der Waals surface area contributed by atoms with Crippen LogP contribution >= 0.6 is 0 Å². The number of rotatable bonds is 15. The topological polar surface area (TPSA) is 343 Å². The third kappa shape index (κ3) is 20.0. The van der Waals surface area contributed by atoms with Crippen LogP contribution < -0.4 is 43.4 Å². The van der Waals surface area contributed by atoms with Gasteiger partial charge in [-0.3, -0.25) is 38.6 Å². The number of ether oxygens (including phenoxy) is 1. The Hall–Kier alpha value is -7.10. The summed E-state index contributed by atoms with van der Waals surface area (Å²) in [7, 11) is 2.82. The molecule has 0 bridgehead atoms. The van der Waals surface area contributed by atoms with E-state index in [1.807, 2.05) is 43.3 Å². The molecular formula is C49H74N10O12. The molecule has 1 aliphatic heterocycles. The lowest BCUT2D eigenvalue weighted by molar-refractivity contribution is -0.146. The number of amides is 7. The van der Waals surface area contributed by atoms with Crippen LogP contribution in [0.5, 0.6) is 0 Å². The second-order valence-electron chi connectivity index (χ2n) is 18.3. The SMILES string of the molecule is C=C1C(=O)N[C@H](C)C(=O)N[C@@H](CC(C)C)C(=O)N[C@@H](C(=O)O)[C@H](C)C(=O)N[C@@H](CCCN=C(N)N)C(=O)N[C@@H](C=CC(C)=C[C@H](C)[C@H](Cc2ccccc2)OC)[C@@H](C)C(=O)N[C@@H](C(=O)O)CCC(=O)N1C. The quantitative estimate of drug-likeness (QED) is 0.0379. The van der Waals surface area contributed by atoms with E-state index in [1.165, 1.54) is 33.9 Å². The molecule has 0 aromatic heterocycles. The van der Waals surface area contributed by atoms with Gasteiger partial charge in [0.25, 0.3) is 5.91 Å². The lowest BCUT2D eigenvalue weighted by Crippen LogP contribution is -2.59. The summed E-state index contributed by atoms with van der Waals surface area (Å²) >= 11 is 0. The number of hydrogen-bond donors (Lipinski definition) is 10. The van der Waals surface area contributed by atoms with Crippen molar-refractivity contribution in [3.05, 3.63) is 72.0 Å². The van der Waals surface area contributed by atoms with Crippen LogP contribution in [-0.4, -0.2) is 137 Å². The maximum absolute atomic E-state index is 14.4. The molecule has 1 aromatic rings. The summed E-state index contributed by atoms with van der Waals surface area (Å²) in [5, 5.41) is 35.5. The number of hydrogen-bond acceptors (Lipinski definition) is 11. The number of carbonyl (C=O) groups is 9. The smallest absolute Gasteiger partial charge is 0.327 e. The highest BCUT2D eigenvalue weighted by Gasteiger charge is 2.37. The number of nitrogens with one attached hydrogen (secondary N) is 6. The number of likely N-dealkylation sites (N-methyl/N-ethyl adjacent to an activating group) is 1. The Bertz CT molecular complexity index is 2160. The molecule has 1 aromatic carbocycles. The first-order chi connectivity index (χ1) is 33.3. The molecule has 1 heterocycles. The van der Waals surface area contributed by atoms with Crippen LogP contribution in [0.15, 0.2) is 71.4 Å². The predicted molar refractivity (Wildman–Crippen MR) is 264 cm³/mol. The second kappa shape index (κ2) is 29.2. The molecule has 10 atom stereocenters. The monoisotopic (exact) mass is 995 g/mol. The van der Waals surface area contributed by atoms with E-state index in [2.05, 4.69) is 43.5 Å². The van der Waals surface area contributed by atoms with E-state index in [9.17, 15) is 53.4 Å². The third-order valence-electron chi connectivity index (χ3n) is 12.0. The van der Waals surface area contributed by atoms with Crippen LogP contribution in [0.25, 0.3) is 0 Å². The van der Waals surface area contributed by atoms with E-state index in [0.29, 0.717) is 12.0 Å². The van der Waals surface area contributed by atoms with Gasteiger partial charge in [0.1, 0.15) is 35.9 Å². The van der Waals surface area contributed by atoms with Gasteiger partial charge in [-0.2, -0.15) is 0 Å². The zero-order chi connectivity index (χ0) is 53.7. The predicted octanol–water partition coefficient (Wildman–Crippen LogP) is 0.618. The first-order valence-corrected chi connectivity index (χ1v) is 23.5. The van der Waals surface area contributed by atoms with Gasteiger partial charge in [0.05, 0.1) is 24.0 Å². The maximum atomic E-state index is 14.4. The molecule has 71 heavy (non-hydrogen) atoms. The van der Waals surface area contributed by atoms with Crippen molar-refractivity contribution in [3.8, 4) is 0 Å². The number of nitrogens with zero attached hydrogens (tertiary/aromatic N) is 2. The fraction of sp³-hybridized carbons (Fsp3) is 0.551. The average molecular weight is 995 g/mol. The molecule has 2 rings (SSSR count). The second-order valence-corrected chi connectivity index (χ2v) is 18.3. The maximum Gasteiger partial charge on any atom is 0.327 e. The first-order valence-electron chi connectivity index (χ1n) is 23.5. The van der Waals surface area contributed by atoms with Crippen molar-refractivity contribution in [2.45, 2.75) is 129 Å². The number of carboxylic acids is 2. The largest absolute Gasteiger partial charge is 0.480 e. The van der Waals surface area contributed by atoms with Crippen LogP contribution in [-0.2, 0) is 54.3 Å². The molecule has 1 fully saturated rings. The molecule has 22 nitrogen and oxygen atoms in total. The zero-order valence-corrected chi connectivity index (χ0v) is 42.2.